The van der Waals surface area contributed by atoms with Gasteiger partial charge in [0.2, 0.25) is 0 Å². The Bertz CT molecular complexity index is 334. The molecule has 0 saturated carbocycles. The lowest BCUT2D eigenvalue weighted by atomic mass is 10.2. The predicted molar refractivity (Wildman–Crippen MR) is 69.0 cm³/mol. The molecule has 0 saturated heterocycles. The van der Waals surface area contributed by atoms with E-state index in [4.69, 9.17) is 0 Å². The van der Waals surface area contributed by atoms with Crippen LogP contribution in [0.1, 0.15) is 46.4 Å². The summed E-state index contributed by atoms with van der Waals surface area (Å²) in [6, 6.07) is 2.33. The molecule has 0 aliphatic heterocycles. The quantitative estimate of drug-likeness (QED) is 0.804. The molecule has 0 amide bonds. The van der Waals surface area contributed by atoms with E-state index in [-0.39, 0.29) is 0 Å². The molecule has 1 heterocycles. The Kier molecular flexibility index (Phi) is 4.52. The minimum atomic E-state index is 0.339. The van der Waals surface area contributed by atoms with Gasteiger partial charge in [-0.05, 0) is 20.8 Å². The second-order valence-electron chi connectivity index (χ2n) is 4.48. The monoisotopic (exact) mass is 222 g/mol. The molecule has 0 aromatic carbocycles. The standard InChI is InChI=1S/C12H22N4/c1-6-13-10-7-11(14-9(4)5)16-12(15-10)8(2)3/h7-9H,6H2,1-5H3,(H2,13,14,15,16). The van der Waals surface area contributed by atoms with Crippen molar-refractivity contribution in [1.82, 2.24) is 9.97 Å². The van der Waals surface area contributed by atoms with Crippen LogP contribution >= 0.6 is 0 Å². The van der Waals surface area contributed by atoms with Crippen LogP contribution in [0.4, 0.5) is 11.6 Å². The third-order valence-electron chi connectivity index (χ3n) is 2.05. The van der Waals surface area contributed by atoms with Gasteiger partial charge in [-0.1, -0.05) is 13.8 Å². The molecule has 1 aromatic rings. The summed E-state index contributed by atoms with van der Waals surface area (Å²) in [5, 5.41) is 6.53. The van der Waals surface area contributed by atoms with Gasteiger partial charge >= 0.3 is 0 Å². The summed E-state index contributed by atoms with van der Waals surface area (Å²) in [7, 11) is 0. The molecule has 2 N–H and O–H groups in total. The lowest BCUT2D eigenvalue weighted by Gasteiger charge is -2.13. The van der Waals surface area contributed by atoms with E-state index in [0.29, 0.717) is 12.0 Å². The van der Waals surface area contributed by atoms with Gasteiger partial charge in [0, 0.05) is 24.6 Å². The highest BCUT2D eigenvalue weighted by Crippen LogP contribution is 2.17. The van der Waals surface area contributed by atoms with Crippen LogP contribution in [0.3, 0.4) is 0 Å². The van der Waals surface area contributed by atoms with Crippen LogP contribution in [0, 0.1) is 0 Å². The summed E-state index contributed by atoms with van der Waals surface area (Å²) in [4.78, 5) is 8.96. The van der Waals surface area contributed by atoms with Gasteiger partial charge in [-0.25, -0.2) is 9.97 Å². The van der Waals surface area contributed by atoms with Crippen molar-refractivity contribution >= 4 is 11.6 Å². The largest absolute Gasteiger partial charge is 0.370 e. The maximum atomic E-state index is 4.49. The highest BCUT2D eigenvalue weighted by molar-refractivity contribution is 5.48. The molecule has 0 unspecified atom stereocenters. The average molecular weight is 222 g/mol. The summed E-state index contributed by atoms with van der Waals surface area (Å²) >= 11 is 0. The van der Waals surface area contributed by atoms with Gasteiger partial charge in [-0.15, -0.1) is 0 Å². The number of rotatable bonds is 5. The van der Waals surface area contributed by atoms with Crippen LogP contribution in [-0.2, 0) is 0 Å². The highest BCUT2D eigenvalue weighted by Gasteiger charge is 2.08. The first kappa shape index (κ1) is 12.7. The second-order valence-corrected chi connectivity index (χ2v) is 4.48. The molecule has 16 heavy (non-hydrogen) atoms. The van der Waals surface area contributed by atoms with Gasteiger partial charge in [0.15, 0.2) is 0 Å². The van der Waals surface area contributed by atoms with Gasteiger partial charge in [-0.2, -0.15) is 0 Å². The zero-order chi connectivity index (χ0) is 12.1. The molecular formula is C12H22N4. The van der Waals surface area contributed by atoms with Crippen LogP contribution in [-0.4, -0.2) is 22.6 Å². The molecule has 0 radical (unpaired) electrons. The SMILES string of the molecule is CCNc1cc(NC(C)C)nc(C(C)C)n1. The van der Waals surface area contributed by atoms with Gasteiger partial charge in [0.05, 0.1) is 0 Å². The molecule has 1 rings (SSSR count). The van der Waals surface area contributed by atoms with Crippen molar-refractivity contribution in [3.05, 3.63) is 11.9 Å². The van der Waals surface area contributed by atoms with Crippen LogP contribution in [0.5, 0.6) is 0 Å². The molecule has 90 valence electrons. The zero-order valence-corrected chi connectivity index (χ0v) is 10.8. The lowest BCUT2D eigenvalue weighted by molar-refractivity contribution is 0.770. The first-order valence-electron chi connectivity index (χ1n) is 5.92. The molecule has 4 heteroatoms. The topological polar surface area (TPSA) is 49.8 Å². The number of aromatic nitrogens is 2. The van der Waals surface area contributed by atoms with Crippen LogP contribution < -0.4 is 10.6 Å². The molecule has 0 fully saturated rings. The van der Waals surface area contributed by atoms with E-state index in [1.54, 1.807) is 0 Å². The minimum absolute atomic E-state index is 0.339. The van der Waals surface area contributed by atoms with Gasteiger partial charge < -0.3 is 10.6 Å². The van der Waals surface area contributed by atoms with Gasteiger partial charge in [-0.3, -0.25) is 0 Å². The summed E-state index contributed by atoms with van der Waals surface area (Å²) in [6.07, 6.45) is 0. The Morgan fingerprint density at radius 3 is 2.25 bits per heavy atom. The van der Waals surface area contributed by atoms with Gasteiger partial charge in [0.1, 0.15) is 17.5 Å². The summed E-state index contributed by atoms with van der Waals surface area (Å²) < 4.78 is 0. The third kappa shape index (κ3) is 3.68. The van der Waals surface area contributed by atoms with Crippen molar-refractivity contribution < 1.29 is 0 Å². The molecular weight excluding hydrogens is 200 g/mol. The lowest BCUT2D eigenvalue weighted by Crippen LogP contribution is -2.14. The molecule has 0 atom stereocenters. The Morgan fingerprint density at radius 2 is 1.75 bits per heavy atom. The molecule has 4 nitrogen and oxygen atoms in total. The first-order valence-corrected chi connectivity index (χ1v) is 5.92. The van der Waals surface area contributed by atoms with Crippen molar-refractivity contribution in [2.75, 3.05) is 17.2 Å². The number of anilines is 2. The van der Waals surface area contributed by atoms with Crippen LogP contribution in [0.2, 0.25) is 0 Å². The Morgan fingerprint density at radius 1 is 1.12 bits per heavy atom. The summed E-state index contributed by atoms with van der Waals surface area (Å²) in [6.45, 7) is 11.3. The maximum absolute atomic E-state index is 4.49. The number of nitrogens with zero attached hydrogens (tertiary/aromatic N) is 2. The second kappa shape index (κ2) is 5.68. The smallest absolute Gasteiger partial charge is 0.135 e. The number of hydrogen-bond acceptors (Lipinski definition) is 4. The van der Waals surface area contributed by atoms with Crippen molar-refractivity contribution in [3.8, 4) is 0 Å². The fourth-order valence-electron chi connectivity index (χ4n) is 1.37. The Hall–Kier alpha value is -1.32. The van der Waals surface area contributed by atoms with E-state index in [2.05, 4.69) is 55.2 Å². The van der Waals surface area contributed by atoms with E-state index in [1.807, 2.05) is 6.07 Å². The average Bonchev–Trinajstić information content (AvgIpc) is 2.16. The molecule has 0 bridgehead atoms. The highest BCUT2D eigenvalue weighted by atomic mass is 15.1. The van der Waals surface area contributed by atoms with Crippen molar-refractivity contribution in [2.45, 2.75) is 46.6 Å². The van der Waals surface area contributed by atoms with E-state index < -0.39 is 0 Å². The molecule has 0 aliphatic carbocycles. The summed E-state index contributed by atoms with van der Waals surface area (Å²) in [5.41, 5.74) is 0. The number of hydrogen-bond donors (Lipinski definition) is 2. The third-order valence-corrected chi connectivity index (χ3v) is 2.05. The van der Waals surface area contributed by atoms with E-state index in [1.165, 1.54) is 0 Å². The fraction of sp³-hybridized carbons (Fsp3) is 0.667. The van der Waals surface area contributed by atoms with E-state index in [0.717, 1.165) is 24.0 Å². The van der Waals surface area contributed by atoms with Crippen molar-refractivity contribution in [2.24, 2.45) is 0 Å². The van der Waals surface area contributed by atoms with Crippen molar-refractivity contribution in [3.63, 3.8) is 0 Å². The minimum Gasteiger partial charge on any atom is -0.370 e. The molecule has 1 aromatic heterocycles. The fourth-order valence-corrected chi connectivity index (χ4v) is 1.37. The van der Waals surface area contributed by atoms with Crippen molar-refractivity contribution in [1.29, 1.82) is 0 Å². The van der Waals surface area contributed by atoms with Crippen LogP contribution in [0.15, 0.2) is 6.07 Å². The molecule has 0 aliphatic rings. The van der Waals surface area contributed by atoms with Crippen LogP contribution in [0.25, 0.3) is 0 Å². The Labute approximate surface area is 97.9 Å². The Balaban J connectivity index is 2.98. The van der Waals surface area contributed by atoms with Gasteiger partial charge in [0.25, 0.3) is 0 Å². The first-order chi connectivity index (χ1) is 7.52. The van der Waals surface area contributed by atoms with E-state index in [9.17, 15) is 0 Å². The summed E-state index contributed by atoms with van der Waals surface area (Å²) in [5.74, 6) is 3.00. The zero-order valence-electron chi connectivity index (χ0n) is 10.8. The van der Waals surface area contributed by atoms with E-state index >= 15 is 0 Å². The predicted octanol–water partition coefficient (Wildman–Crippen LogP) is 2.85. The molecule has 0 spiro atoms. The number of nitrogens with one attached hydrogen (secondary N) is 2. The normalized spacial score (nSPS) is 10.9. The maximum Gasteiger partial charge on any atom is 0.135 e.